The summed E-state index contributed by atoms with van der Waals surface area (Å²) in [4.78, 5) is 0. The van der Waals surface area contributed by atoms with E-state index in [2.05, 4.69) is 0 Å². The molecule has 0 N–H and O–H groups in total. The van der Waals surface area contributed by atoms with Crippen LogP contribution in [0.15, 0.2) is 0 Å². The molecular weight excluding hydrogens is 608 g/mol. The molecule has 0 rings (SSSR count). The monoisotopic (exact) mass is 614 g/mol. The fourth-order valence-corrected chi connectivity index (χ4v) is 0. The molecule has 0 spiro atoms. The van der Waals surface area contributed by atoms with Crippen LogP contribution in [0, 0.1) is 0 Å². The van der Waals surface area contributed by atoms with Gasteiger partial charge in [0.05, 0.1) is 0 Å². The molecule has 0 atom stereocenters. The minimum Gasteiger partial charge on any atom is 0 e. The van der Waals surface area contributed by atoms with Gasteiger partial charge in [-0.3, -0.25) is 0 Å². The summed E-state index contributed by atoms with van der Waals surface area (Å²) in [6.45, 7) is 0. The summed E-state index contributed by atoms with van der Waals surface area (Å²) in [5.41, 5.74) is 0. The average molecular weight is 608 g/mol. The second-order valence-electron chi connectivity index (χ2n) is 0. The zero-order chi connectivity index (χ0) is 0. The molecular formula is GeHf3. The zero-order valence-corrected chi connectivity index (χ0v) is 14.9. The Morgan fingerprint density at radius 2 is 0.500 bits per heavy atom. The molecule has 0 aliphatic carbocycles. The second kappa shape index (κ2) is 16.4. The fraction of sp³-hybridized carbons (Fsp3) is 0. The predicted molar refractivity (Wildman–Crippen MR) is 5.75 cm³/mol. The van der Waals surface area contributed by atoms with Crippen molar-refractivity contribution in [3.05, 3.63) is 0 Å². The van der Waals surface area contributed by atoms with E-state index in [9.17, 15) is 0 Å². The van der Waals surface area contributed by atoms with Crippen molar-refractivity contribution < 1.29 is 77.5 Å². The van der Waals surface area contributed by atoms with E-state index in [0.29, 0.717) is 0 Å². The van der Waals surface area contributed by atoms with E-state index in [1.54, 1.807) is 0 Å². The van der Waals surface area contributed by atoms with E-state index >= 15 is 0 Å². The summed E-state index contributed by atoms with van der Waals surface area (Å²) < 4.78 is 0. The van der Waals surface area contributed by atoms with Crippen LogP contribution in [0.25, 0.3) is 0 Å². The normalized spacial score (nSPS) is 0. The molecule has 0 aliphatic rings. The Hall–Kier alpha value is 3.15. The summed E-state index contributed by atoms with van der Waals surface area (Å²) in [7, 11) is 0. The third-order valence-electron chi connectivity index (χ3n) is 0. The van der Waals surface area contributed by atoms with Gasteiger partial charge in [0.1, 0.15) is 0 Å². The quantitative estimate of drug-likeness (QED) is 0.330. The van der Waals surface area contributed by atoms with Gasteiger partial charge in [-0.1, -0.05) is 0 Å². The summed E-state index contributed by atoms with van der Waals surface area (Å²) in [5, 5.41) is 0. The number of hydrogen-bond acceptors (Lipinski definition) is 0. The van der Waals surface area contributed by atoms with E-state index in [0.717, 1.165) is 0 Å². The van der Waals surface area contributed by atoms with Crippen LogP contribution in [-0.4, -0.2) is 17.6 Å². The molecule has 4 heteroatoms. The molecule has 0 amide bonds. The van der Waals surface area contributed by atoms with Crippen LogP contribution in [0.3, 0.4) is 0 Å². The fourth-order valence-electron chi connectivity index (χ4n) is 0. The molecule has 0 aromatic carbocycles. The second-order valence-corrected chi connectivity index (χ2v) is 0. The van der Waals surface area contributed by atoms with Crippen molar-refractivity contribution in [3.63, 3.8) is 0 Å². The van der Waals surface area contributed by atoms with E-state index in [4.69, 9.17) is 0 Å². The summed E-state index contributed by atoms with van der Waals surface area (Å²) >= 11 is 0. The van der Waals surface area contributed by atoms with Gasteiger partial charge in [0.15, 0.2) is 0 Å². The van der Waals surface area contributed by atoms with Crippen LogP contribution < -0.4 is 0 Å². The van der Waals surface area contributed by atoms with E-state index in [1.165, 1.54) is 0 Å². The van der Waals surface area contributed by atoms with Crippen LogP contribution in [0.2, 0.25) is 0 Å². The Kier molecular flexibility index (Phi) is 112. The topological polar surface area (TPSA) is 0 Å². The first-order valence-electron chi connectivity index (χ1n) is 0. The Morgan fingerprint density at radius 1 is 0.500 bits per heavy atom. The smallest absolute Gasteiger partial charge is 0 e. The molecule has 0 saturated heterocycles. The molecule has 0 unspecified atom stereocenters. The largest absolute Gasteiger partial charge is 0 e. The van der Waals surface area contributed by atoms with Gasteiger partial charge in [0, 0.05) is 95.1 Å². The Bertz CT molecular complexity index is 3.25. The first-order chi connectivity index (χ1) is 0. The van der Waals surface area contributed by atoms with Gasteiger partial charge in [-0.15, -0.1) is 0 Å². The van der Waals surface area contributed by atoms with Crippen molar-refractivity contribution in [1.29, 1.82) is 0 Å². The van der Waals surface area contributed by atoms with Crippen molar-refractivity contribution >= 4 is 17.6 Å². The molecule has 0 aliphatic heterocycles. The third kappa shape index (κ3) is 8.94. The van der Waals surface area contributed by atoms with Crippen molar-refractivity contribution in [2.24, 2.45) is 0 Å². The van der Waals surface area contributed by atoms with Crippen LogP contribution in [0.4, 0.5) is 0 Å². The standard InChI is InChI=1S/Ge.3Hf. The van der Waals surface area contributed by atoms with Crippen molar-refractivity contribution in [3.8, 4) is 0 Å². The maximum atomic E-state index is 0. The Balaban J connectivity index is 0. The van der Waals surface area contributed by atoms with E-state index in [-0.39, 0.29) is 95.1 Å². The maximum absolute atomic E-state index is 0. The van der Waals surface area contributed by atoms with Crippen molar-refractivity contribution in [2.75, 3.05) is 0 Å². The molecule has 0 aromatic heterocycles. The molecule has 16 valence electrons. The maximum Gasteiger partial charge on any atom is 0 e. The molecule has 0 saturated carbocycles. The van der Waals surface area contributed by atoms with Gasteiger partial charge in [0.2, 0.25) is 0 Å². The van der Waals surface area contributed by atoms with Crippen molar-refractivity contribution in [2.45, 2.75) is 0 Å². The average Bonchev–Trinajstić information content (AvgIpc) is 0. The van der Waals surface area contributed by atoms with E-state index in [1.807, 2.05) is 0 Å². The molecule has 0 aromatic rings. The summed E-state index contributed by atoms with van der Waals surface area (Å²) in [6.07, 6.45) is 0. The molecule has 0 heterocycles. The number of rotatable bonds is 0. The molecule has 4 heavy (non-hydrogen) atoms. The first kappa shape index (κ1) is 27.2. The minimum atomic E-state index is 0. The minimum absolute atomic E-state index is 0. The molecule has 4 radical (unpaired) electrons. The van der Waals surface area contributed by atoms with Gasteiger partial charge in [-0.05, 0) is 0 Å². The first-order valence-corrected chi connectivity index (χ1v) is 0. The van der Waals surface area contributed by atoms with Crippen LogP contribution in [0.5, 0.6) is 0 Å². The molecule has 0 nitrogen and oxygen atoms in total. The van der Waals surface area contributed by atoms with E-state index < -0.39 is 0 Å². The SMILES string of the molecule is [Ge].[Hf].[Hf].[Hf]. The summed E-state index contributed by atoms with van der Waals surface area (Å²) in [5.74, 6) is 0. The van der Waals surface area contributed by atoms with Gasteiger partial charge >= 0.3 is 0 Å². The van der Waals surface area contributed by atoms with Gasteiger partial charge in [0.25, 0.3) is 0 Å². The third-order valence-corrected chi connectivity index (χ3v) is 0. The van der Waals surface area contributed by atoms with Gasteiger partial charge in [-0.2, -0.15) is 0 Å². The predicted octanol–water partition coefficient (Wildman–Crippen LogP) is -0.388. The molecule has 0 bridgehead atoms. The Morgan fingerprint density at radius 3 is 0.500 bits per heavy atom. The number of hydrogen-bond donors (Lipinski definition) is 0. The van der Waals surface area contributed by atoms with Gasteiger partial charge < -0.3 is 0 Å². The van der Waals surface area contributed by atoms with Crippen molar-refractivity contribution in [1.82, 2.24) is 0 Å². The van der Waals surface area contributed by atoms with Crippen LogP contribution in [-0.2, 0) is 77.5 Å². The zero-order valence-electron chi connectivity index (χ0n) is 2.00. The molecule has 0 fully saturated rings. The Labute approximate surface area is 93.2 Å². The van der Waals surface area contributed by atoms with Crippen LogP contribution >= 0.6 is 0 Å². The van der Waals surface area contributed by atoms with Gasteiger partial charge in [-0.25, -0.2) is 0 Å². The van der Waals surface area contributed by atoms with Crippen LogP contribution in [0.1, 0.15) is 0 Å². The summed E-state index contributed by atoms with van der Waals surface area (Å²) in [6, 6.07) is 0.